The molecule has 148 valence electrons. The van der Waals surface area contributed by atoms with E-state index in [1.807, 2.05) is 6.07 Å². The molecule has 28 heavy (non-hydrogen) atoms. The van der Waals surface area contributed by atoms with Gasteiger partial charge in [-0.15, -0.1) is 13.2 Å². The van der Waals surface area contributed by atoms with Gasteiger partial charge in [-0.3, -0.25) is 4.79 Å². The van der Waals surface area contributed by atoms with E-state index in [9.17, 15) is 22.8 Å². The van der Waals surface area contributed by atoms with Gasteiger partial charge < -0.3 is 20.3 Å². The van der Waals surface area contributed by atoms with Crippen LogP contribution < -0.4 is 15.4 Å². The summed E-state index contributed by atoms with van der Waals surface area (Å²) in [4.78, 5) is 26.4. The highest BCUT2D eigenvalue weighted by molar-refractivity contribution is 5.99. The molecule has 0 radical (unpaired) electrons. The first kappa shape index (κ1) is 19.5. The molecule has 0 aromatic heterocycles. The molecule has 0 unspecified atom stereocenters. The normalized spacial score (nSPS) is 16.5. The van der Waals surface area contributed by atoms with Gasteiger partial charge in [0, 0.05) is 17.9 Å². The molecule has 0 aliphatic carbocycles. The van der Waals surface area contributed by atoms with E-state index < -0.39 is 18.4 Å². The van der Waals surface area contributed by atoms with E-state index in [2.05, 4.69) is 15.4 Å². The van der Waals surface area contributed by atoms with Crippen LogP contribution in [-0.2, 0) is 4.79 Å². The molecule has 2 aromatic rings. The van der Waals surface area contributed by atoms with Gasteiger partial charge in [0.2, 0.25) is 5.91 Å². The SMILES string of the molecule is O=C(Nc1ccccc1)[C@@H]1CCCN1C(=O)Nc1ccc(OC(F)(F)F)cc1. The lowest BCUT2D eigenvalue weighted by Gasteiger charge is -2.24. The van der Waals surface area contributed by atoms with Crippen LogP contribution in [0.4, 0.5) is 29.3 Å². The fourth-order valence-electron chi connectivity index (χ4n) is 2.96. The van der Waals surface area contributed by atoms with Gasteiger partial charge >= 0.3 is 12.4 Å². The first-order valence-electron chi connectivity index (χ1n) is 8.61. The van der Waals surface area contributed by atoms with Crippen LogP contribution in [-0.4, -0.2) is 35.8 Å². The monoisotopic (exact) mass is 393 g/mol. The second-order valence-electron chi connectivity index (χ2n) is 6.21. The second kappa shape index (κ2) is 8.20. The Hall–Kier alpha value is -3.23. The number of carbonyl (C=O) groups excluding carboxylic acids is 2. The molecule has 3 rings (SSSR count). The third-order valence-electron chi connectivity index (χ3n) is 4.20. The fourth-order valence-corrected chi connectivity index (χ4v) is 2.96. The van der Waals surface area contributed by atoms with Crippen molar-refractivity contribution in [2.24, 2.45) is 0 Å². The average molecular weight is 393 g/mol. The average Bonchev–Trinajstić information content (AvgIpc) is 3.13. The number of ether oxygens (including phenoxy) is 1. The molecule has 1 atom stereocenters. The zero-order valence-electron chi connectivity index (χ0n) is 14.7. The molecule has 1 saturated heterocycles. The van der Waals surface area contributed by atoms with Crippen molar-refractivity contribution in [1.29, 1.82) is 0 Å². The molecule has 3 amide bonds. The quantitative estimate of drug-likeness (QED) is 0.817. The van der Waals surface area contributed by atoms with E-state index in [1.165, 1.54) is 17.0 Å². The van der Waals surface area contributed by atoms with Gasteiger partial charge in [-0.05, 0) is 49.2 Å². The Labute approximate surface area is 159 Å². The Morgan fingerprint density at radius 1 is 0.964 bits per heavy atom. The molecule has 1 fully saturated rings. The summed E-state index contributed by atoms with van der Waals surface area (Å²) in [6.07, 6.45) is -3.57. The number of hydrogen-bond donors (Lipinski definition) is 2. The third-order valence-corrected chi connectivity index (χ3v) is 4.20. The minimum absolute atomic E-state index is 0.284. The molecule has 1 heterocycles. The van der Waals surface area contributed by atoms with Gasteiger partial charge in [-0.2, -0.15) is 0 Å². The van der Waals surface area contributed by atoms with Crippen molar-refractivity contribution in [1.82, 2.24) is 4.90 Å². The second-order valence-corrected chi connectivity index (χ2v) is 6.21. The first-order valence-corrected chi connectivity index (χ1v) is 8.61. The molecular weight excluding hydrogens is 375 g/mol. The summed E-state index contributed by atoms with van der Waals surface area (Å²) in [6.45, 7) is 0.411. The molecule has 0 saturated carbocycles. The largest absolute Gasteiger partial charge is 0.573 e. The van der Waals surface area contributed by atoms with Crippen molar-refractivity contribution >= 4 is 23.3 Å². The summed E-state index contributed by atoms with van der Waals surface area (Å²) in [7, 11) is 0. The number of nitrogens with one attached hydrogen (secondary N) is 2. The molecular formula is C19H18F3N3O3. The highest BCUT2D eigenvalue weighted by atomic mass is 19.4. The predicted octanol–water partition coefficient (Wildman–Crippen LogP) is 4.22. The minimum Gasteiger partial charge on any atom is -0.406 e. The Bertz CT molecular complexity index is 826. The number of carbonyl (C=O) groups is 2. The molecule has 1 aliphatic heterocycles. The smallest absolute Gasteiger partial charge is 0.406 e. The zero-order chi connectivity index (χ0) is 20.1. The molecule has 0 bridgehead atoms. The number of likely N-dealkylation sites (tertiary alicyclic amines) is 1. The summed E-state index contributed by atoms with van der Waals surface area (Å²) in [6, 6.07) is 12.6. The van der Waals surface area contributed by atoms with Crippen LogP contribution in [0.3, 0.4) is 0 Å². The predicted molar refractivity (Wildman–Crippen MR) is 96.9 cm³/mol. The number of rotatable bonds is 4. The lowest BCUT2D eigenvalue weighted by atomic mass is 10.2. The Morgan fingerprint density at radius 3 is 2.25 bits per heavy atom. The minimum atomic E-state index is -4.78. The number of nitrogens with zero attached hydrogens (tertiary/aromatic N) is 1. The van der Waals surface area contributed by atoms with E-state index in [0.29, 0.717) is 30.8 Å². The Balaban J connectivity index is 1.60. The zero-order valence-corrected chi connectivity index (χ0v) is 14.7. The van der Waals surface area contributed by atoms with Crippen molar-refractivity contribution in [2.75, 3.05) is 17.2 Å². The van der Waals surface area contributed by atoms with Crippen molar-refractivity contribution < 1.29 is 27.5 Å². The van der Waals surface area contributed by atoms with Crippen LogP contribution in [0, 0.1) is 0 Å². The number of hydrogen-bond acceptors (Lipinski definition) is 3. The van der Waals surface area contributed by atoms with Crippen LogP contribution >= 0.6 is 0 Å². The van der Waals surface area contributed by atoms with Gasteiger partial charge in [-0.1, -0.05) is 18.2 Å². The van der Waals surface area contributed by atoms with E-state index >= 15 is 0 Å². The van der Waals surface area contributed by atoms with Crippen molar-refractivity contribution in [3.8, 4) is 5.75 Å². The van der Waals surface area contributed by atoms with Gasteiger partial charge in [0.1, 0.15) is 11.8 Å². The number of halogens is 3. The summed E-state index contributed by atoms with van der Waals surface area (Å²) in [5, 5.41) is 5.37. The summed E-state index contributed by atoms with van der Waals surface area (Å²) >= 11 is 0. The molecule has 9 heteroatoms. The number of amides is 3. The topological polar surface area (TPSA) is 70.7 Å². The number of urea groups is 1. The van der Waals surface area contributed by atoms with Crippen LogP contribution in [0.1, 0.15) is 12.8 Å². The lowest BCUT2D eigenvalue weighted by molar-refractivity contribution is -0.274. The maximum absolute atomic E-state index is 12.5. The van der Waals surface area contributed by atoms with Gasteiger partial charge in [-0.25, -0.2) is 4.79 Å². The third kappa shape index (κ3) is 5.15. The standard InChI is InChI=1S/C19H18F3N3O3/c20-19(21,22)28-15-10-8-14(9-11-15)24-18(27)25-12-4-7-16(25)17(26)23-13-5-2-1-3-6-13/h1-3,5-6,8-11,16H,4,7,12H2,(H,23,26)(H,24,27)/t16-/m0/s1. The van der Waals surface area contributed by atoms with E-state index in [0.717, 1.165) is 12.1 Å². The molecule has 2 N–H and O–H groups in total. The fraction of sp³-hybridized carbons (Fsp3) is 0.263. The first-order chi connectivity index (χ1) is 13.3. The summed E-state index contributed by atoms with van der Waals surface area (Å²) < 4.78 is 40.4. The van der Waals surface area contributed by atoms with Crippen molar-refractivity contribution in [3.05, 3.63) is 54.6 Å². The Kier molecular flexibility index (Phi) is 5.72. The van der Waals surface area contributed by atoms with Gasteiger partial charge in [0.15, 0.2) is 0 Å². The van der Waals surface area contributed by atoms with Gasteiger partial charge in [0.05, 0.1) is 0 Å². The van der Waals surface area contributed by atoms with E-state index in [-0.39, 0.29) is 11.7 Å². The Morgan fingerprint density at radius 2 is 1.61 bits per heavy atom. The number of para-hydroxylation sites is 1. The number of anilines is 2. The lowest BCUT2D eigenvalue weighted by Crippen LogP contribution is -2.45. The van der Waals surface area contributed by atoms with Crippen molar-refractivity contribution in [3.63, 3.8) is 0 Å². The summed E-state index contributed by atoms with van der Waals surface area (Å²) in [5.74, 6) is -0.667. The maximum Gasteiger partial charge on any atom is 0.573 e. The highest BCUT2D eigenvalue weighted by Gasteiger charge is 2.34. The van der Waals surface area contributed by atoms with Gasteiger partial charge in [0.25, 0.3) is 0 Å². The summed E-state index contributed by atoms with van der Waals surface area (Å²) in [5.41, 5.74) is 0.939. The van der Waals surface area contributed by atoms with E-state index in [1.54, 1.807) is 24.3 Å². The van der Waals surface area contributed by atoms with Crippen LogP contribution in [0.15, 0.2) is 54.6 Å². The molecule has 2 aromatic carbocycles. The molecule has 0 spiro atoms. The van der Waals surface area contributed by atoms with Crippen LogP contribution in [0.2, 0.25) is 0 Å². The van der Waals surface area contributed by atoms with Crippen molar-refractivity contribution in [2.45, 2.75) is 25.2 Å². The molecule has 6 nitrogen and oxygen atoms in total. The van der Waals surface area contributed by atoms with Crippen LogP contribution in [0.5, 0.6) is 5.75 Å². The number of benzene rings is 2. The number of alkyl halides is 3. The highest BCUT2D eigenvalue weighted by Crippen LogP contribution is 2.25. The van der Waals surface area contributed by atoms with Crippen LogP contribution in [0.25, 0.3) is 0 Å². The molecule has 1 aliphatic rings. The maximum atomic E-state index is 12.5. The van der Waals surface area contributed by atoms with E-state index in [4.69, 9.17) is 0 Å².